The van der Waals surface area contributed by atoms with Gasteiger partial charge in [-0.05, 0) is 43.9 Å². The molecule has 0 spiro atoms. The van der Waals surface area contributed by atoms with Crippen LogP contribution in [0.4, 0.5) is 0 Å². The summed E-state index contributed by atoms with van der Waals surface area (Å²) in [7, 11) is 1.86. The molecular weight excluding hydrogens is 262 g/mol. The van der Waals surface area contributed by atoms with E-state index in [1.807, 2.05) is 32.2 Å². The van der Waals surface area contributed by atoms with Crippen molar-refractivity contribution >= 4 is 5.91 Å². The number of carbonyl (C=O) groups is 1. The predicted octanol–water partition coefficient (Wildman–Crippen LogP) is 2.65. The maximum Gasteiger partial charge on any atom is 0.223 e. The molecular formula is C17H27N3O. The Labute approximate surface area is 127 Å². The van der Waals surface area contributed by atoms with E-state index in [-0.39, 0.29) is 11.3 Å². The Bertz CT molecular complexity index is 481. The molecule has 0 radical (unpaired) electrons. The number of aromatic nitrogens is 1. The third kappa shape index (κ3) is 4.27. The van der Waals surface area contributed by atoms with Crippen LogP contribution in [0, 0.1) is 12.3 Å². The first-order chi connectivity index (χ1) is 10.0. The molecule has 1 heterocycles. The van der Waals surface area contributed by atoms with Crippen molar-refractivity contribution in [3.8, 4) is 0 Å². The van der Waals surface area contributed by atoms with Gasteiger partial charge in [0.2, 0.25) is 5.91 Å². The zero-order valence-corrected chi connectivity index (χ0v) is 13.3. The second kappa shape index (κ2) is 7.03. The minimum atomic E-state index is 0.0314. The normalized spacial score (nSPS) is 17.5. The van der Waals surface area contributed by atoms with Crippen LogP contribution in [-0.2, 0) is 11.3 Å². The van der Waals surface area contributed by atoms with Gasteiger partial charge >= 0.3 is 0 Å². The van der Waals surface area contributed by atoms with Gasteiger partial charge in [0.25, 0.3) is 0 Å². The molecule has 1 fully saturated rings. The Morgan fingerprint density at radius 3 is 2.67 bits per heavy atom. The van der Waals surface area contributed by atoms with Crippen molar-refractivity contribution in [3.05, 3.63) is 29.6 Å². The quantitative estimate of drug-likeness (QED) is 0.906. The highest BCUT2D eigenvalue weighted by Gasteiger charge is 2.33. The lowest BCUT2D eigenvalue weighted by molar-refractivity contribution is -0.133. The van der Waals surface area contributed by atoms with E-state index in [2.05, 4.69) is 4.98 Å². The summed E-state index contributed by atoms with van der Waals surface area (Å²) >= 11 is 0. The molecule has 4 heteroatoms. The van der Waals surface area contributed by atoms with E-state index < -0.39 is 0 Å². The van der Waals surface area contributed by atoms with Gasteiger partial charge in [-0.15, -0.1) is 0 Å². The lowest BCUT2D eigenvalue weighted by Crippen LogP contribution is -2.39. The van der Waals surface area contributed by atoms with Gasteiger partial charge in [0.15, 0.2) is 0 Å². The Morgan fingerprint density at radius 1 is 1.33 bits per heavy atom. The number of hydrogen-bond acceptors (Lipinski definition) is 3. The monoisotopic (exact) mass is 289 g/mol. The smallest absolute Gasteiger partial charge is 0.223 e. The fourth-order valence-electron chi connectivity index (χ4n) is 3.23. The summed E-state index contributed by atoms with van der Waals surface area (Å²) in [5.74, 6) is 0.186. The third-order valence-corrected chi connectivity index (χ3v) is 4.64. The van der Waals surface area contributed by atoms with Crippen molar-refractivity contribution in [3.63, 3.8) is 0 Å². The predicted molar refractivity (Wildman–Crippen MR) is 84.6 cm³/mol. The molecule has 4 nitrogen and oxygen atoms in total. The summed E-state index contributed by atoms with van der Waals surface area (Å²) in [5.41, 5.74) is 7.93. The number of rotatable bonds is 5. The number of amides is 1. The third-order valence-electron chi connectivity index (χ3n) is 4.64. The van der Waals surface area contributed by atoms with Crippen LogP contribution in [0.3, 0.4) is 0 Å². The van der Waals surface area contributed by atoms with Crippen LogP contribution in [0.25, 0.3) is 0 Å². The van der Waals surface area contributed by atoms with Crippen molar-refractivity contribution in [1.82, 2.24) is 9.88 Å². The lowest BCUT2D eigenvalue weighted by Gasteiger charge is -2.36. The fourth-order valence-corrected chi connectivity index (χ4v) is 3.23. The van der Waals surface area contributed by atoms with Crippen molar-refractivity contribution in [1.29, 1.82) is 0 Å². The number of carbonyl (C=O) groups excluding carboxylic acids is 1. The molecule has 1 aliphatic rings. The zero-order valence-electron chi connectivity index (χ0n) is 13.3. The van der Waals surface area contributed by atoms with E-state index in [9.17, 15) is 4.79 Å². The van der Waals surface area contributed by atoms with Crippen molar-refractivity contribution < 1.29 is 4.79 Å². The average Bonchev–Trinajstić information content (AvgIpc) is 2.48. The molecule has 0 aromatic carbocycles. The first kappa shape index (κ1) is 16.0. The topological polar surface area (TPSA) is 59.2 Å². The van der Waals surface area contributed by atoms with Crippen LogP contribution in [0.2, 0.25) is 0 Å². The largest absolute Gasteiger partial charge is 0.340 e. The molecule has 1 aromatic heterocycles. The molecule has 21 heavy (non-hydrogen) atoms. The van der Waals surface area contributed by atoms with Gasteiger partial charge in [0, 0.05) is 19.2 Å². The van der Waals surface area contributed by atoms with Gasteiger partial charge in [-0.25, -0.2) is 0 Å². The minimum Gasteiger partial charge on any atom is -0.340 e. The van der Waals surface area contributed by atoms with Gasteiger partial charge in [-0.3, -0.25) is 9.78 Å². The highest BCUT2D eigenvalue weighted by molar-refractivity contribution is 5.76. The standard InChI is InChI=1S/C17H27N3O/c1-14-7-6-8-15(19-14)12-20(2)16(21)11-17(13-18)9-4-3-5-10-17/h6-8H,3-5,9-13,18H2,1-2H3. The zero-order chi connectivity index (χ0) is 15.3. The van der Waals surface area contributed by atoms with E-state index in [0.717, 1.165) is 24.2 Å². The van der Waals surface area contributed by atoms with E-state index in [4.69, 9.17) is 5.73 Å². The molecule has 1 aliphatic carbocycles. The molecule has 0 aliphatic heterocycles. The molecule has 1 saturated carbocycles. The molecule has 0 saturated heterocycles. The summed E-state index contributed by atoms with van der Waals surface area (Å²) in [6.07, 6.45) is 6.43. The summed E-state index contributed by atoms with van der Waals surface area (Å²) in [5, 5.41) is 0. The molecule has 2 rings (SSSR count). The first-order valence-corrected chi connectivity index (χ1v) is 7.91. The van der Waals surface area contributed by atoms with Gasteiger partial charge in [-0.1, -0.05) is 25.3 Å². The minimum absolute atomic E-state index is 0.0314. The Balaban J connectivity index is 1.95. The number of hydrogen-bond donors (Lipinski definition) is 1. The number of nitrogens with two attached hydrogens (primary N) is 1. The summed E-state index contributed by atoms with van der Waals surface area (Å²) in [6.45, 7) is 3.16. The second-order valence-corrected chi connectivity index (χ2v) is 6.46. The van der Waals surface area contributed by atoms with Crippen molar-refractivity contribution in [2.24, 2.45) is 11.1 Å². The maximum atomic E-state index is 12.5. The SMILES string of the molecule is Cc1cccc(CN(C)C(=O)CC2(CN)CCCCC2)n1. The van der Waals surface area contributed by atoms with Gasteiger partial charge < -0.3 is 10.6 Å². The molecule has 2 N–H and O–H groups in total. The van der Waals surface area contributed by atoms with Crippen LogP contribution in [-0.4, -0.2) is 29.4 Å². The van der Waals surface area contributed by atoms with Crippen molar-refractivity contribution in [2.75, 3.05) is 13.6 Å². The fraction of sp³-hybridized carbons (Fsp3) is 0.647. The Kier molecular flexibility index (Phi) is 5.34. The van der Waals surface area contributed by atoms with Crippen molar-refractivity contribution in [2.45, 2.75) is 52.0 Å². The molecule has 0 unspecified atom stereocenters. The number of aryl methyl sites for hydroxylation is 1. The maximum absolute atomic E-state index is 12.5. The molecule has 1 aromatic rings. The van der Waals surface area contributed by atoms with Crippen LogP contribution in [0.5, 0.6) is 0 Å². The van der Waals surface area contributed by atoms with Gasteiger partial charge in [0.1, 0.15) is 0 Å². The van der Waals surface area contributed by atoms with E-state index in [0.29, 0.717) is 19.5 Å². The highest BCUT2D eigenvalue weighted by atomic mass is 16.2. The second-order valence-electron chi connectivity index (χ2n) is 6.46. The number of nitrogens with zero attached hydrogens (tertiary/aromatic N) is 2. The molecule has 1 amide bonds. The lowest BCUT2D eigenvalue weighted by atomic mass is 9.71. The van der Waals surface area contributed by atoms with Gasteiger partial charge in [0.05, 0.1) is 12.2 Å². The van der Waals surface area contributed by atoms with E-state index >= 15 is 0 Å². The van der Waals surface area contributed by atoms with Crippen LogP contribution < -0.4 is 5.73 Å². The Morgan fingerprint density at radius 2 is 2.05 bits per heavy atom. The molecule has 0 bridgehead atoms. The van der Waals surface area contributed by atoms with E-state index in [1.54, 1.807) is 4.90 Å². The van der Waals surface area contributed by atoms with Crippen LogP contribution >= 0.6 is 0 Å². The van der Waals surface area contributed by atoms with Crippen LogP contribution in [0.15, 0.2) is 18.2 Å². The Hall–Kier alpha value is -1.42. The summed E-state index contributed by atoms with van der Waals surface area (Å²) in [4.78, 5) is 18.8. The van der Waals surface area contributed by atoms with Crippen LogP contribution in [0.1, 0.15) is 49.9 Å². The average molecular weight is 289 g/mol. The molecule has 0 atom stereocenters. The molecule has 116 valence electrons. The number of pyridine rings is 1. The van der Waals surface area contributed by atoms with Gasteiger partial charge in [-0.2, -0.15) is 0 Å². The van der Waals surface area contributed by atoms with E-state index in [1.165, 1.54) is 19.3 Å². The summed E-state index contributed by atoms with van der Waals surface area (Å²) in [6, 6.07) is 5.92. The highest BCUT2D eigenvalue weighted by Crippen LogP contribution is 2.38. The first-order valence-electron chi connectivity index (χ1n) is 7.91. The summed E-state index contributed by atoms with van der Waals surface area (Å²) < 4.78 is 0.